The molecule has 0 radical (unpaired) electrons. The molecule has 0 spiro atoms. The Kier molecular flexibility index (Phi) is 4.48. The first-order valence-electron chi connectivity index (χ1n) is 8.92. The number of oxazole rings is 1. The van der Waals surface area contributed by atoms with E-state index in [-0.39, 0.29) is 23.3 Å². The largest absolute Gasteiger partial charge is 0.441 e. The van der Waals surface area contributed by atoms with Crippen LogP contribution in [0.5, 0.6) is 0 Å². The topological polar surface area (TPSA) is 49.6 Å². The van der Waals surface area contributed by atoms with Crippen molar-refractivity contribution in [2.45, 2.75) is 25.8 Å². The third-order valence-corrected chi connectivity index (χ3v) is 5.22. The number of hydrogen-bond acceptors (Lipinski definition) is 4. The van der Waals surface area contributed by atoms with Gasteiger partial charge in [0, 0.05) is 30.5 Å². The molecule has 26 heavy (non-hydrogen) atoms. The molecule has 0 unspecified atom stereocenters. The maximum Gasteiger partial charge on any atom is 0.226 e. The van der Waals surface area contributed by atoms with Gasteiger partial charge in [-0.15, -0.1) is 0 Å². The highest BCUT2D eigenvalue weighted by molar-refractivity contribution is 5.79. The molecule has 0 aliphatic carbocycles. The van der Waals surface area contributed by atoms with Gasteiger partial charge >= 0.3 is 0 Å². The Morgan fingerprint density at radius 3 is 2.54 bits per heavy atom. The SMILES string of the molecule is CN1CCC(C(=O)N2CCc3oc(-c4cc(F)cc(F)c4)nc3C2)CC1. The summed E-state index contributed by atoms with van der Waals surface area (Å²) in [5, 5.41) is 0. The van der Waals surface area contributed by atoms with Gasteiger partial charge in [-0.2, -0.15) is 0 Å². The minimum atomic E-state index is -0.671. The summed E-state index contributed by atoms with van der Waals surface area (Å²) in [7, 11) is 2.07. The van der Waals surface area contributed by atoms with Crippen molar-refractivity contribution in [1.29, 1.82) is 0 Å². The molecule has 1 fully saturated rings. The van der Waals surface area contributed by atoms with E-state index in [9.17, 15) is 13.6 Å². The maximum absolute atomic E-state index is 13.4. The highest BCUT2D eigenvalue weighted by Gasteiger charge is 2.31. The van der Waals surface area contributed by atoms with Crippen LogP contribution in [0.4, 0.5) is 8.78 Å². The van der Waals surface area contributed by atoms with Gasteiger partial charge in [-0.05, 0) is 45.1 Å². The van der Waals surface area contributed by atoms with Crippen LogP contribution in [0, 0.1) is 17.6 Å². The number of rotatable bonds is 2. The number of halogens is 2. The third kappa shape index (κ3) is 3.35. The molecule has 2 aliphatic heterocycles. The Balaban J connectivity index is 1.50. The van der Waals surface area contributed by atoms with Gasteiger partial charge in [0.1, 0.15) is 23.1 Å². The van der Waals surface area contributed by atoms with Crippen LogP contribution in [0.3, 0.4) is 0 Å². The second-order valence-corrected chi connectivity index (χ2v) is 7.13. The van der Waals surface area contributed by atoms with Crippen molar-refractivity contribution in [3.05, 3.63) is 41.3 Å². The molecule has 0 saturated carbocycles. The molecule has 1 saturated heterocycles. The van der Waals surface area contributed by atoms with Gasteiger partial charge in [-0.3, -0.25) is 4.79 Å². The van der Waals surface area contributed by atoms with E-state index in [0.717, 1.165) is 32.0 Å². The number of likely N-dealkylation sites (tertiary alicyclic amines) is 1. The summed E-state index contributed by atoms with van der Waals surface area (Å²) in [6, 6.07) is 3.21. The molecule has 5 nitrogen and oxygen atoms in total. The second-order valence-electron chi connectivity index (χ2n) is 7.13. The molecular formula is C19H21F2N3O2. The number of carbonyl (C=O) groups is 1. The van der Waals surface area contributed by atoms with Gasteiger partial charge in [-0.25, -0.2) is 13.8 Å². The smallest absolute Gasteiger partial charge is 0.226 e. The molecule has 4 rings (SSSR count). The van der Waals surface area contributed by atoms with Gasteiger partial charge in [0.05, 0.1) is 6.54 Å². The summed E-state index contributed by atoms with van der Waals surface area (Å²) in [4.78, 5) is 21.2. The number of nitrogens with zero attached hydrogens (tertiary/aromatic N) is 3. The van der Waals surface area contributed by atoms with Gasteiger partial charge in [-0.1, -0.05) is 0 Å². The molecule has 2 aliphatic rings. The molecule has 7 heteroatoms. The summed E-state index contributed by atoms with van der Waals surface area (Å²) < 4.78 is 32.6. The average molecular weight is 361 g/mol. The van der Waals surface area contributed by atoms with Crippen LogP contribution < -0.4 is 0 Å². The van der Waals surface area contributed by atoms with E-state index in [4.69, 9.17) is 4.42 Å². The Hall–Kier alpha value is -2.28. The van der Waals surface area contributed by atoms with Crippen molar-refractivity contribution in [2.75, 3.05) is 26.7 Å². The van der Waals surface area contributed by atoms with Crippen LogP contribution >= 0.6 is 0 Å². The first-order valence-corrected chi connectivity index (χ1v) is 8.92. The van der Waals surface area contributed by atoms with Crippen LogP contribution in [-0.2, 0) is 17.8 Å². The number of amides is 1. The monoisotopic (exact) mass is 361 g/mol. The quantitative estimate of drug-likeness (QED) is 0.825. The molecule has 3 heterocycles. The number of hydrogen-bond donors (Lipinski definition) is 0. The van der Waals surface area contributed by atoms with Crippen LogP contribution in [0.2, 0.25) is 0 Å². The van der Waals surface area contributed by atoms with Crippen molar-refractivity contribution in [3.8, 4) is 11.5 Å². The van der Waals surface area contributed by atoms with E-state index >= 15 is 0 Å². The first kappa shape index (κ1) is 17.1. The lowest BCUT2D eigenvalue weighted by Gasteiger charge is -2.33. The summed E-state index contributed by atoms with van der Waals surface area (Å²) >= 11 is 0. The van der Waals surface area contributed by atoms with E-state index in [1.54, 1.807) is 0 Å². The fraction of sp³-hybridized carbons (Fsp3) is 0.474. The number of piperidine rings is 1. The summed E-state index contributed by atoms with van der Waals surface area (Å²) in [6.07, 6.45) is 2.33. The summed E-state index contributed by atoms with van der Waals surface area (Å²) in [5.74, 6) is -0.217. The van der Waals surface area contributed by atoms with E-state index in [0.29, 0.717) is 31.0 Å². The number of aromatic nitrogens is 1. The molecule has 0 atom stereocenters. The van der Waals surface area contributed by atoms with Gasteiger partial charge in [0.15, 0.2) is 0 Å². The minimum Gasteiger partial charge on any atom is -0.441 e. The predicted octanol–water partition coefficient (Wildman–Crippen LogP) is 2.85. The van der Waals surface area contributed by atoms with Gasteiger partial charge in [0.2, 0.25) is 11.8 Å². The number of benzene rings is 1. The van der Waals surface area contributed by atoms with Crippen LogP contribution in [0.1, 0.15) is 24.3 Å². The molecule has 138 valence electrons. The second kappa shape index (κ2) is 6.79. The Morgan fingerprint density at radius 1 is 1.15 bits per heavy atom. The molecule has 2 aromatic rings. The summed E-state index contributed by atoms with van der Waals surface area (Å²) in [6.45, 7) is 2.86. The van der Waals surface area contributed by atoms with Crippen LogP contribution in [0.25, 0.3) is 11.5 Å². The minimum absolute atomic E-state index is 0.0661. The fourth-order valence-electron chi connectivity index (χ4n) is 3.70. The molecule has 1 aromatic carbocycles. The standard InChI is InChI=1S/C19H21F2N3O2/c1-23-5-2-12(3-6-23)19(25)24-7-4-17-16(11-24)22-18(26-17)13-8-14(20)10-15(21)9-13/h8-10,12H,2-7,11H2,1H3. The number of carbonyl (C=O) groups excluding carboxylic acids is 1. The first-order chi connectivity index (χ1) is 12.5. The Morgan fingerprint density at radius 2 is 1.85 bits per heavy atom. The van der Waals surface area contributed by atoms with Crippen molar-refractivity contribution >= 4 is 5.91 Å². The van der Waals surface area contributed by atoms with Gasteiger partial charge < -0.3 is 14.2 Å². The molecule has 0 bridgehead atoms. The predicted molar refractivity (Wildman–Crippen MR) is 91.2 cm³/mol. The normalized spacial score (nSPS) is 18.8. The molecule has 1 aromatic heterocycles. The van der Waals surface area contributed by atoms with Crippen LogP contribution in [-0.4, -0.2) is 47.4 Å². The fourth-order valence-corrected chi connectivity index (χ4v) is 3.70. The van der Waals surface area contributed by atoms with E-state index < -0.39 is 11.6 Å². The molecule has 1 amide bonds. The van der Waals surface area contributed by atoms with E-state index in [2.05, 4.69) is 16.9 Å². The zero-order chi connectivity index (χ0) is 18.3. The van der Waals surface area contributed by atoms with Crippen molar-refractivity contribution in [1.82, 2.24) is 14.8 Å². The third-order valence-electron chi connectivity index (χ3n) is 5.22. The van der Waals surface area contributed by atoms with E-state index in [1.165, 1.54) is 12.1 Å². The lowest BCUT2D eigenvalue weighted by Crippen LogP contribution is -2.43. The summed E-state index contributed by atoms with van der Waals surface area (Å²) in [5.41, 5.74) is 0.947. The lowest BCUT2D eigenvalue weighted by molar-refractivity contribution is -0.138. The highest BCUT2D eigenvalue weighted by Crippen LogP contribution is 2.29. The number of fused-ring (bicyclic) bond motifs is 1. The zero-order valence-electron chi connectivity index (χ0n) is 14.7. The van der Waals surface area contributed by atoms with Gasteiger partial charge in [0.25, 0.3) is 0 Å². The maximum atomic E-state index is 13.4. The lowest BCUT2D eigenvalue weighted by atomic mass is 9.95. The van der Waals surface area contributed by atoms with E-state index in [1.807, 2.05) is 4.90 Å². The average Bonchev–Trinajstić information content (AvgIpc) is 3.04. The van der Waals surface area contributed by atoms with Crippen molar-refractivity contribution in [2.24, 2.45) is 5.92 Å². The van der Waals surface area contributed by atoms with Crippen molar-refractivity contribution in [3.63, 3.8) is 0 Å². The zero-order valence-corrected chi connectivity index (χ0v) is 14.7. The Bertz CT molecular complexity index is 808. The molecule has 0 N–H and O–H groups in total. The Labute approximate surface area is 150 Å². The highest BCUT2D eigenvalue weighted by atomic mass is 19.1. The molecular weight excluding hydrogens is 340 g/mol. The van der Waals surface area contributed by atoms with Crippen molar-refractivity contribution < 1.29 is 18.0 Å². The van der Waals surface area contributed by atoms with Crippen LogP contribution in [0.15, 0.2) is 22.6 Å².